The van der Waals surface area contributed by atoms with E-state index in [0.717, 1.165) is 0 Å². The van der Waals surface area contributed by atoms with Gasteiger partial charge in [-0.1, -0.05) is 55.6 Å². The summed E-state index contributed by atoms with van der Waals surface area (Å²) >= 11 is 18.2. The highest BCUT2D eigenvalue weighted by atomic mass is 35.5. The number of amides is 1. The largest absolute Gasteiger partial charge is 0.463 e. The number of hydrogen-bond donors (Lipinski definition) is 1. The van der Waals surface area contributed by atoms with Crippen molar-refractivity contribution in [3.05, 3.63) is 56.3 Å². The molecule has 2 heterocycles. The topological polar surface area (TPSA) is 147 Å². The van der Waals surface area contributed by atoms with Crippen LogP contribution in [0.15, 0.2) is 24.4 Å². The van der Waals surface area contributed by atoms with Gasteiger partial charge in [-0.15, -0.1) is 0 Å². The van der Waals surface area contributed by atoms with E-state index in [2.05, 4.69) is 10.3 Å². The number of carbonyl (C=O) groups is 5. The first-order chi connectivity index (χ1) is 19.7. The van der Waals surface area contributed by atoms with Gasteiger partial charge in [-0.2, -0.15) is 0 Å². The van der Waals surface area contributed by atoms with Gasteiger partial charge < -0.3 is 24.3 Å². The van der Waals surface area contributed by atoms with Crippen molar-refractivity contribution in [2.45, 2.75) is 59.3 Å². The molecule has 1 amide bonds. The van der Waals surface area contributed by atoms with Gasteiger partial charge in [-0.05, 0) is 44.0 Å². The summed E-state index contributed by atoms with van der Waals surface area (Å²) in [7, 11) is 0. The average molecular weight is 644 g/mol. The molecule has 0 bridgehead atoms. The van der Waals surface area contributed by atoms with Gasteiger partial charge in [0.2, 0.25) is 0 Å². The van der Waals surface area contributed by atoms with Gasteiger partial charge >= 0.3 is 23.9 Å². The van der Waals surface area contributed by atoms with Gasteiger partial charge in [0.05, 0.1) is 27.4 Å². The van der Waals surface area contributed by atoms with E-state index >= 15 is 0 Å². The molecule has 0 unspecified atom stereocenters. The van der Waals surface area contributed by atoms with Crippen molar-refractivity contribution in [3.8, 4) is 5.75 Å². The summed E-state index contributed by atoms with van der Waals surface area (Å²) < 4.78 is 21.8. The Bertz CT molecular complexity index is 1380. The van der Waals surface area contributed by atoms with Crippen LogP contribution in [0.2, 0.25) is 15.1 Å². The first-order valence-electron chi connectivity index (χ1n) is 13.0. The Labute approximate surface area is 257 Å². The van der Waals surface area contributed by atoms with Gasteiger partial charge in [0.25, 0.3) is 5.91 Å². The van der Waals surface area contributed by atoms with Crippen LogP contribution in [-0.4, -0.2) is 59.6 Å². The lowest BCUT2D eigenvalue weighted by molar-refractivity contribution is -0.176. The lowest BCUT2D eigenvalue weighted by Gasteiger charge is -2.29. The first kappa shape index (κ1) is 33.1. The molecule has 0 radical (unpaired) electrons. The maximum absolute atomic E-state index is 13.3. The number of aromatic nitrogens is 1. The number of esters is 4. The third kappa shape index (κ3) is 7.70. The molecule has 0 aliphatic carbocycles. The Morgan fingerprint density at radius 1 is 1.12 bits per heavy atom. The van der Waals surface area contributed by atoms with Crippen LogP contribution in [-0.2, 0) is 28.6 Å². The molecule has 1 aromatic carbocycles. The van der Waals surface area contributed by atoms with Gasteiger partial charge in [-0.25, -0.2) is 14.6 Å². The molecule has 226 valence electrons. The number of rotatable bonds is 7. The van der Waals surface area contributed by atoms with Crippen molar-refractivity contribution < 1.29 is 42.9 Å². The molecule has 1 aromatic heterocycles. The number of nitrogens with one attached hydrogen (secondary N) is 1. The predicted octanol–water partition coefficient (Wildman–Crippen LogP) is 4.75. The van der Waals surface area contributed by atoms with Crippen molar-refractivity contribution in [1.29, 1.82) is 0 Å². The molecule has 2 aromatic rings. The van der Waals surface area contributed by atoms with E-state index in [1.807, 2.05) is 0 Å². The number of halogens is 3. The lowest BCUT2D eigenvalue weighted by Crippen LogP contribution is -2.47. The highest BCUT2D eigenvalue weighted by Gasteiger charge is 2.41. The zero-order chi connectivity index (χ0) is 31.3. The maximum atomic E-state index is 13.3. The standard InChI is InChI=1S/C28H29Cl3N2O9/c1-6-16-23(42-25(35)12(2)3)14(5)40-27(37)19(11-39-26(16)36)33-24(34)21-22(13(4)7-8-32-21)41-28(38)20-17(30)9-15(29)10-18(20)31/h7-10,12,14,16,19,23H,6,11H2,1-5H3,(H,33,34)/t14-,16+,19-,23-/m0/s1. The Morgan fingerprint density at radius 2 is 1.76 bits per heavy atom. The fourth-order valence-corrected chi connectivity index (χ4v) is 5.00. The molecule has 1 N–H and O–H groups in total. The summed E-state index contributed by atoms with van der Waals surface area (Å²) in [6.45, 7) is 7.42. The van der Waals surface area contributed by atoms with Crippen LogP contribution < -0.4 is 10.1 Å². The number of nitrogens with zero attached hydrogens (tertiary/aromatic N) is 1. The lowest BCUT2D eigenvalue weighted by atomic mass is 9.95. The second kappa shape index (κ2) is 14.2. The third-order valence-corrected chi connectivity index (χ3v) is 7.15. The summed E-state index contributed by atoms with van der Waals surface area (Å²) in [5, 5.41) is 2.47. The molecule has 0 spiro atoms. The minimum absolute atomic E-state index is 0.0722. The second-order valence-electron chi connectivity index (χ2n) is 9.81. The fourth-order valence-electron chi connectivity index (χ4n) is 4.02. The molecule has 1 saturated heterocycles. The molecular weight excluding hydrogens is 615 g/mol. The first-order valence-corrected chi connectivity index (χ1v) is 14.1. The van der Waals surface area contributed by atoms with Crippen molar-refractivity contribution in [1.82, 2.24) is 10.3 Å². The highest BCUT2D eigenvalue weighted by molar-refractivity contribution is 6.42. The predicted molar refractivity (Wildman–Crippen MR) is 152 cm³/mol. The zero-order valence-corrected chi connectivity index (χ0v) is 25.6. The molecule has 42 heavy (non-hydrogen) atoms. The minimum atomic E-state index is -1.47. The molecule has 4 atom stereocenters. The van der Waals surface area contributed by atoms with E-state index in [9.17, 15) is 24.0 Å². The quantitative estimate of drug-likeness (QED) is 0.331. The monoisotopic (exact) mass is 642 g/mol. The van der Waals surface area contributed by atoms with Gasteiger partial charge in [0, 0.05) is 11.2 Å². The molecule has 1 aliphatic heterocycles. The van der Waals surface area contributed by atoms with Crippen LogP contribution in [0.25, 0.3) is 0 Å². The number of ether oxygens (including phenoxy) is 4. The van der Waals surface area contributed by atoms with Crippen LogP contribution in [0, 0.1) is 18.8 Å². The Balaban J connectivity index is 1.86. The van der Waals surface area contributed by atoms with Crippen molar-refractivity contribution in [2.75, 3.05) is 6.61 Å². The number of benzene rings is 1. The molecule has 1 fully saturated rings. The molecular formula is C28H29Cl3N2O9. The smallest absolute Gasteiger partial charge is 0.346 e. The SMILES string of the molecule is CC[C@H]1C(=O)OC[C@H](NC(=O)c2nccc(C)c2OC(=O)c2c(Cl)cc(Cl)cc2Cl)C(=O)O[C@@H](C)[C@@H]1OC(=O)C(C)C. The second-order valence-corrected chi connectivity index (χ2v) is 11.1. The van der Waals surface area contributed by atoms with Gasteiger partial charge in [0.15, 0.2) is 23.6 Å². The number of pyridine rings is 1. The summed E-state index contributed by atoms with van der Waals surface area (Å²) in [6, 6.07) is 2.63. The van der Waals surface area contributed by atoms with Crippen LogP contribution >= 0.6 is 34.8 Å². The Hall–Kier alpha value is -3.41. The summed E-state index contributed by atoms with van der Waals surface area (Å²) in [6.07, 6.45) is -0.617. The summed E-state index contributed by atoms with van der Waals surface area (Å²) in [5.74, 6) is -5.81. The van der Waals surface area contributed by atoms with Crippen LogP contribution in [0.3, 0.4) is 0 Å². The number of cyclic esters (lactones) is 2. The number of carbonyl (C=O) groups excluding carboxylic acids is 5. The normalized spacial score (nSPS) is 20.9. The Morgan fingerprint density at radius 3 is 2.36 bits per heavy atom. The zero-order valence-electron chi connectivity index (χ0n) is 23.4. The molecule has 0 saturated carbocycles. The van der Waals surface area contributed by atoms with Gasteiger partial charge in [0.1, 0.15) is 12.7 Å². The number of hydrogen-bond acceptors (Lipinski definition) is 10. The van der Waals surface area contributed by atoms with Crippen molar-refractivity contribution in [2.24, 2.45) is 11.8 Å². The maximum Gasteiger partial charge on any atom is 0.346 e. The van der Waals surface area contributed by atoms with E-state index in [1.165, 1.54) is 31.3 Å². The highest BCUT2D eigenvalue weighted by Crippen LogP contribution is 2.31. The third-order valence-electron chi connectivity index (χ3n) is 6.33. The molecule has 14 heteroatoms. The number of aryl methyl sites for hydroxylation is 1. The van der Waals surface area contributed by atoms with Crippen molar-refractivity contribution >= 4 is 64.6 Å². The minimum Gasteiger partial charge on any atom is -0.463 e. The van der Waals surface area contributed by atoms with Crippen molar-refractivity contribution in [3.63, 3.8) is 0 Å². The van der Waals surface area contributed by atoms with Crippen LogP contribution in [0.1, 0.15) is 60.5 Å². The average Bonchev–Trinajstić information content (AvgIpc) is 2.93. The molecule has 11 nitrogen and oxygen atoms in total. The van der Waals surface area contributed by atoms with E-state index in [4.69, 9.17) is 53.8 Å². The van der Waals surface area contributed by atoms with E-state index in [1.54, 1.807) is 27.7 Å². The Kier molecular flexibility index (Phi) is 11.2. The van der Waals surface area contributed by atoms with Crippen LogP contribution in [0.5, 0.6) is 5.75 Å². The van der Waals surface area contributed by atoms with Crippen LogP contribution in [0.4, 0.5) is 0 Å². The van der Waals surface area contributed by atoms with Gasteiger partial charge in [-0.3, -0.25) is 14.4 Å². The molecule has 1 aliphatic rings. The van der Waals surface area contributed by atoms with E-state index < -0.39 is 66.5 Å². The van der Waals surface area contributed by atoms with E-state index in [-0.39, 0.29) is 38.5 Å². The summed E-state index contributed by atoms with van der Waals surface area (Å²) in [4.78, 5) is 68.6. The van der Waals surface area contributed by atoms with E-state index in [0.29, 0.717) is 5.56 Å². The molecule has 3 rings (SSSR count). The fraction of sp³-hybridized carbons (Fsp3) is 0.429. The summed E-state index contributed by atoms with van der Waals surface area (Å²) in [5.41, 5.74) is -0.189.